The predicted molar refractivity (Wildman–Crippen MR) is 70.6 cm³/mol. The number of aromatic nitrogens is 3. The highest BCUT2D eigenvalue weighted by atomic mass is 35.5. The van der Waals surface area contributed by atoms with Crippen molar-refractivity contribution in [1.29, 1.82) is 0 Å². The van der Waals surface area contributed by atoms with Gasteiger partial charge < -0.3 is 5.32 Å². The summed E-state index contributed by atoms with van der Waals surface area (Å²) >= 11 is 7.85. The average molecular weight is 271 g/mol. The number of nitrogens with one attached hydrogen (secondary N) is 1. The fraction of sp³-hybridized carbons (Fsp3) is 0.455. The minimum absolute atomic E-state index is 0.0416. The van der Waals surface area contributed by atoms with Crippen molar-refractivity contribution in [2.24, 2.45) is 0 Å². The number of nitrogens with zero attached hydrogens (tertiary/aromatic N) is 3. The number of hydrogen-bond donors (Lipinski definition) is 1. The predicted octanol–water partition coefficient (Wildman–Crippen LogP) is 2.88. The number of hydrogen-bond acceptors (Lipinski definition) is 4. The highest BCUT2D eigenvalue weighted by Gasteiger charge is 2.22. The van der Waals surface area contributed by atoms with E-state index in [1.54, 1.807) is 17.5 Å². The molecule has 2 aromatic rings. The molecule has 0 radical (unpaired) electrons. The van der Waals surface area contributed by atoms with E-state index < -0.39 is 0 Å². The van der Waals surface area contributed by atoms with Gasteiger partial charge in [0.05, 0.1) is 28.5 Å². The number of thiazole rings is 1. The van der Waals surface area contributed by atoms with Crippen LogP contribution in [0.5, 0.6) is 0 Å². The van der Waals surface area contributed by atoms with Gasteiger partial charge in [-0.05, 0) is 20.9 Å². The maximum atomic E-state index is 6.24. The molecule has 2 aromatic heterocycles. The van der Waals surface area contributed by atoms with Gasteiger partial charge in [0.25, 0.3) is 0 Å². The summed E-state index contributed by atoms with van der Waals surface area (Å²) in [5.74, 6) is 0. The normalized spacial score (nSPS) is 13.2. The molecular weight excluding hydrogens is 256 g/mol. The zero-order chi connectivity index (χ0) is 12.4. The van der Waals surface area contributed by atoms with Gasteiger partial charge in [0, 0.05) is 17.1 Å². The van der Waals surface area contributed by atoms with E-state index in [1.165, 1.54) is 0 Å². The van der Waals surface area contributed by atoms with Gasteiger partial charge in [-0.2, -0.15) is 5.10 Å². The molecule has 0 fully saturated rings. The molecule has 1 unspecified atom stereocenters. The minimum atomic E-state index is 0.0416. The van der Waals surface area contributed by atoms with Crippen molar-refractivity contribution in [2.75, 3.05) is 7.05 Å². The highest BCUT2D eigenvalue weighted by molar-refractivity contribution is 7.09. The lowest BCUT2D eigenvalue weighted by Crippen LogP contribution is -2.22. The summed E-state index contributed by atoms with van der Waals surface area (Å²) < 4.78 is 1.95. The summed E-state index contributed by atoms with van der Waals surface area (Å²) in [4.78, 5) is 5.25. The van der Waals surface area contributed by atoms with Crippen LogP contribution in [0.2, 0.25) is 5.02 Å². The molecule has 0 spiro atoms. The third-order valence-corrected chi connectivity index (χ3v) is 3.71. The SMILES string of the molecule is CNC(c1cncs1)c1c(Cl)cnn1C(C)C. The molecule has 92 valence electrons. The van der Waals surface area contributed by atoms with E-state index in [2.05, 4.69) is 29.2 Å². The molecule has 1 atom stereocenters. The Morgan fingerprint density at radius 2 is 2.18 bits per heavy atom. The lowest BCUT2D eigenvalue weighted by Gasteiger charge is -2.19. The van der Waals surface area contributed by atoms with E-state index in [-0.39, 0.29) is 12.1 Å². The van der Waals surface area contributed by atoms with Crippen molar-refractivity contribution in [3.05, 3.63) is 33.5 Å². The molecule has 0 aliphatic heterocycles. The number of halogens is 1. The van der Waals surface area contributed by atoms with Crippen molar-refractivity contribution >= 4 is 22.9 Å². The molecule has 2 rings (SSSR count). The summed E-state index contributed by atoms with van der Waals surface area (Å²) in [6, 6.07) is 0.321. The molecule has 1 N–H and O–H groups in total. The van der Waals surface area contributed by atoms with Gasteiger partial charge in [-0.25, -0.2) is 0 Å². The molecule has 6 heteroatoms. The van der Waals surface area contributed by atoms with Crippen LogP contribution in [0, 0.1) is 0 Å². The second kappa shape index (κ2) is 5.16. The van der Waals surface area contributed by atoms with Crippen molar-refractivity contribution < 1.29 is 0 Å². The van der Waals surface area contributed by atoms with Crippen molar-refractivity contribution in [3.63, 3.8) is 0 Å². The van der Waals surface area contributed by atoms with Gasteiger partial charge in [-0.3, -0.25) is 9.67 Å². The van der Waals surface area contributed by atoms with E-state index in [9.17, 15) is 0 Å². The summed E-state index contributed by atoms with van der Waals surface area (Å²) in [6.07, 6.45) is 3.56. The summed E-state index contributed by atoms with van der Waals surface area (Å²) in [6.45, 7) is 4.18. The van der Waals surface area contributed by atoms with Crippen LogP contribution >= 0.6 is 22.9 Å². The maximum Gasteiger partial charge on any atom is 0.0870 e. The second-order valence-electron chi connectivity index (χ2n) is 4.04. The molecule has 0 aromatic carbocycles. The zero-order valence-electron chi connectivity index (χ0n) is 10.0. The van der Waals surface area contributed by atoms with Gasteiger partial charge in [-0.1, -0.05) is 11.6 Å². The Labute approximate surface area is 110 Å². The zero-order valence-corrected chi connectivity index (χ0v) is 11.6. The molecule has 2 heterocycles. The first kappa shape index (κ1) is 12.5. The minimum Gasteiger partial charge on any atom is -0.307 e. The Kier molecular flexibility index (Phi) is 3.81. The first-order valence-corrected chi connectivity index (χ1v) is 6.69. The third-order valence-electron chi connectivity index (χ3n) is 2.57. The first-order valence-electron chi connectivity index (χ1n) is 5.43. The van der Waals surface area contributed by atoms with Crippen molar-refractivity contribution in [2.45, 2.75) is 25.9 Å². The largest absolute Gasteiger partial charge is 0.307 e. The maximum absolute atomic E-state index is 6.24. The molecule has 0 aliphatic rings. The van der Waals surface area contributed by atoms with Gasteiger partial charge in [0.1, 0.15) is 0 Å². The van der Waals surface area contributed by atoms with Crippen LogP contribution in [0.15, 0.2) is 17.9 Å². The Bertz CT molecular complexity index is 478. The van der Waals surface area contributed by atoms with Crippen LogP contribution < -0.4 is 5.32 Å². The van der Waals surface area contributed by atoms with Crippen molar-refractivity contribution in [3.8, 4) is 0 Å². The molecule has 0 bridgehead atoms. The van der Waals surface area contributed by atoms with Crippen molar-refractivity contribution in [1.82, 2.24) is 20.1 Å². The summed E-state index contributed by atoms with van der Waals surface area (Å²) in [5.41, 5.74) is 2.82. The van der Waals surface area contributed by atoms with E-state index in [4.69, 9.17) is 11.6 Å². The van der Waals surface area contributed by atoms with E-state index in [1.807, 2.05) is 23.4 Å². The Balaban J connectivity index is 2.47. The Morgan fingerprint density at radius 3 is 2.71 bits per heavy atom. The lowest BCUT2D eigenvalue weighted by molar-refractivity contribution is 0.486. The molecule has 0 saturated heterocycles. The van der Waals surface area contributed by atoms with Gasteiger partial charge in [0.15, 0.2) is 0 Å². The summed E-state index contributed by atoms with van der Waals surface area (Å²) in [5, 5.41) is 8.28. The van der Waals surface area contributed by atoms with Crippen LogP contribution in [0.3, 0.4) is 0 Å². The quantitative estimate of drug-likeness (QED) is 0.929. The van der Waals surface area contributed by atoms with Gasteiger partial charge in [0.2, 0.25) is 0 Å². The molecule has 0 aliphatic carbocycles. The van der Waals surface area contributed by atoms with Gasteiger partial charge >= 0.3 is 0 Å². The smallest absolute Gasteiger partial charge is 0.0870 e. The topological polar surface area (TPSA) is 42.7 Å². The second-order valence-corrected chi connectivity index (χ2v) is 5.37. The molecular formula is C11H15ClN4S. The molecule has 17 heavy (non-hydrogen) atoms. The standard InChI is InChI=1S/C11H15ClN4S/c1-7(2)16-11(8(12)4-15-16)10(13-3)9-5-14-6-17-9/h4-7,10,13H,1-3H3. The summed E-state index contributed by atoms with van der Waals surface area (Å²) in [7, 11) is 1.92. The van der Waals surface area contributed by atoms with E-state index >= 15 is 0 Å². The molecule has 4 nitrogen and oxygen atoms in total. The Morgan fingerprint density at radius 1 is 1.41 bits per heavy atom. The monoisotopic (exact) mass is 270 g/mol. The highest BCUT2D eigenvalue weighted by Crippen LogP contribution is 2.31. The molecule has 0 saturated carbocycles. The Hall–Kier alpha value is -0.910. The number of rotatable bonds is 4. The van der Waals surface area contributed by atoms with Crippen LogP contribution in [0.25, 0.3) is 0 Å². The molecule has 0 amide bonds. The third kappa shape index (κ3) is 2.36. The fourth-order valence-electron chi connectivity index (χ4n) is 1.81. The fourth-order valence-corrected chi connectivity index (χ4v) is 2.78. The van der Waals surface area contributed by atoms with Crippen LogP contribution in [-0.4, -0.2) is 21.8 Å². The van der Waals surface area contributed by atoms with Crippen LogP contribution in [0.1, 0.15) is 36.5 Å². The van der Waals surface area contributed by atoms with E-state index in [0.717, 1.165) is 10.6 Å². The first-order chi connectivity index (χ1) is 8.15. The van der Waals surface area contributed by atoms with Gasteiger partial charge in [-0.15, -0.1) is 11.3 Å². The lowest BCUT2D eigenvalue weighted by atomic mass is 10.1. The van der Waals surface area contributed by atoms with E-state index in [0.29, 0.717) is 5.02 Å². The average Bonchev–Trinajstić information content (AvgIpc) is 2.91. The van der Waals surface area contributed by atoms with Crippen LogP contribution in [0.4, 0.5) is 0 Å². The van der Waals surface area contributed by atoms with Crippen LogP contribution in [-0.2, 0) is 0 Å².